The van der Waals surface area contributed by atoms with Gasteiger partial charge >= 0.3 is 0 Å². The van der Waals surface area contributed by atoms with Crippen LogP contribution in [0.4, 0.5) is 11.5 Å². The number of anilines is 1. The molecule has 2 rings (SSSR count). The fraction of sp³-hybridized carbons (Fsp3) is 0.385. The van der Waals surface area contributed by atoms with Crippen molar-refractivity contribution in [2.75, 3.05) is 18.5 Å². The molecule has 0 aromatic carbocycles. The van der Waals surface area contributed by atoms with Gasteiger partial charge in [-0.15, -0.1) is 0 Å². The van der Waals surface area contributed by atoms with Crippen molar-refractivity contribution in [3.8, 4) is 0 Å². The standard InChI is InChI=1S/C13H17N5O2/c1-11-8-12(18(19)20)9-15-13(11)16(2)5-3-6-17-7-4-14-10-17/h4,7-10H,3,5-6H2,1-2H3. The number of rotatable bonds is 6. The summed E-state index contributed by atoms with van der Waals surface area (Å²) >= 11 is 0. The first-order valence-corrected chi connectivity index (χ1v) is 6.36. The number of nitro groups is 1. The summed E-state index contributed by atoms with van der Waals surface area (Å²) in [7, 11) is 1.94. The Labute approximate surface area is 117 Å². The van der Waals surface area contributed by atoms with Crippen molar-refractivity contribution >= 4 is 11.5 Å². The zero-order chi connectivity index (χ0) is 14.5. The smallest absolute Gasteiger partial charge is 0.287 e. The average Bonchev–Trinajstić information content (AvgIpc) is 2.91. The van der Waals surface area contributed by atoms with Crippen molar-refractivity contribution in [1.82, 2.24) is 14.5 Å². The Morgan fingerprint density at radius 2 is 2.30 bits per heavy atom. The predicted octanol–water partition coefficient (Wildman–Crippen LogP) is 2.02. The molecular weight excluding hydrogens is 258 g/mol. The third kappa shape index (κ3) is 3.31. The molecule has 0 unspecified atom stereocenters. The van der Waals surface area contributed by atoms with Gasteiger partial charge in [0.2, 0.25) is 0 Å². The Morgan fingerprint density at radius 3 is 2.90 bits per heavy atom. The van der Waals surface area contributed by atoms with E-state index in [1.165, 1.54) is 6.20 Å². The molecule has 0 N–H and O–H groups in total. The molecule has 0 radical (unpaired) electrons. The van der Waals surface area contributed by atoms with Crippen LogP contribution in [0.1, 0.15) is 12.0 Å². The average molecular weight is 275 g/mol. The molecule has 0 fully saturated rings. The van der Waals surface area contributed by atoms with E-state index in [1.807, 2.05) is 29.6 Å². The lowest BCUT2D eigenvalue weighted by Crippen LogP contribution is -2.21. The van der Waals surface area contributed by atoms with Gasteiger partial charge in [0.25, 0.3) is 5.69 Å². The van der Waals surface area contributed by atoms with Crippen molar-refractivity contribution in [1.29, 1.82) is 0 Å². The molecule has 2 heterocycles. The Morgan fingerprint density at radius 1 is 1.50 bits per heavy atom. The maximum atomic E-state index is 10.7. The second-order valence-electron chi connectivity index (χ2n) is 4.67. The van der Waals surface area contributed by atoms with Gasteiger partial charge in [-0.2, -0.15) is 0 Å². The molecule has 7 heteroatoms. The van der Waals surface area contributed by atoms with Crippen LogP contribution >= 0.6 is 0 Å². The van der Waals surface area contributed by atoms with Crippen LogP contribution in [0.25, 0.3) is 0 Å². The van der Waals surface area contributed by atoms with Crippen LogP contribution in [0.3, 0.4) is 0 Å². The van der Waals surface area contributed by atoms with Crippen molar-refractivity contribution in [3.63, 3.8) is 0 Å². The molecule has 0 aliphatic heterocycles. The highest BCUT2D eigenvalue weighted by atomic mass is 16.6. The molecule has 0 atom stereocenters. The monoisotopic (exact) mass is 275 g/mol. The van der Waals surface area contributed by atoms with Gasteiger partial charge in [-0.3, -0.25) is 10.1 Å². The fourth-order valence-electron chi connectivity index (χ4n) is 2.07. The third-order valence-electron chi connectivity index (χ3n) is 3.08. The molecule has 0 bridgehead atoms. The molecule has 7 nitrogen and oxygen atoms in total. The van der Waals surface area contributed by atoms with Gasteiger partial charge in [0, 0.05) is 38.6 Å². The maximum absolute atomic E-state index is 10.7. The van der Waals surface area contributed by atoms with Crippen LogP contribution in [0.2, 0.25) is 0 Å². The zero-order valence-corrected chi connectivity index (χ0v) is 11.6. The maximum Gasteiger partial charge on any atom is 0.287 e. The summed E-state index contributed by atoms with van der Waals surface area (Å²) in [4.78, 5) is 20.4. The second-order valence-corrected chi connectivity index (χ2v) is 4.67. The number of aryl methyl sites for hydroxylation is 2. The minimum atomic E-state index is -0.428. The molecule has 0 saturated heterocycles. The Bertz CT molecular complexity index is 582. The van der Waals surface area contributed by atoms with E-state index in [2.05, 4.69) is 9.97 Å². The lowest BCUT2D eigenvalue weighted by molar-refractivity contribution is -0.385. The molecule has 0 aliphatic carbocycles. The van der Waals surface area contributed by atoms with Crippen LogP contribution in [0, 0.1) is 17.0 Å². The molecule has 106 valence electrons. The van der Waals surface area contributed by atoms with E-state index in [-0.39, 0.29) is 5.69 Å². The van der Waals surface area contributed by atoms with Crippen LogP contribution < -0.4 is 4.90 Å². The summed E-state index contributed by atoms with van der Waals surface area (Å²) in [6, 6.07) is 1.55. The quantitative estimate of drug-likeness (QED) is 0.595. The van der Waals surface area contributed by atoms with E-state index < -0.39 is 4.92 Å². The lowest BCUT2D eigenvalue weighted by atomic mass is 10.2. The highest BCUT2D eigenvalue weighted by Crippen LogP contribution is 2.20. The number of pyridine rings is 1. The summed E-state index contributed by atoms with van der Waals surface area (Å²) in [5.41, 5.74) is 0.836. The fourth-order valence-corrected chi connectivity index (χ4v) is 2.07. The number of hydrogen-bond donors (Lipinski definition) is 0. The first kappa shape index (κ1) is 14.0. The van der Waals surface area contributed by atoms with Crippen molar-refractivity contribution in [2.45, 2.75) is 19.9 Å². The highest BCUT2D eigenvalue weighted by Gasteiger charge is 2.12. The van der Waals surface area contributed by atoms with Crippen molar-refractivity contribution in [2.24, 2.45) is 0 Å². The molecule has 2 aromatic heterocycles. The number of imidazole rings is 1. The summed E-state index contributed by atoms with van der Waals surface area (Å²) in [5.74, 6) is 0.779. The van der Waals surface area contributed by atoms with Crippen molar-refractivity contribution in [3.05, 3.63) is 46.7 Å². The van der Waals surface area contributed by atoms with E-state index in [4.69, 9.17) is 0 Å². The van der Waals surface area contributed by atoms with E-state index in [1.54, 1.807) is 18.6 Å². The van der Waals surface area contributed by atoms with Gasteiger partial charge in [-0.05, 0) is 18.9 Å². The molecular formula is C13H17N5O2. The largest absolute Gasteiger partial charge is 0.359 e. The van der Waals surface area contributed by atoms with Crippen LogP contribution in [0.15, 0.2) is 31.0 Å². The first-order chi connectivity index (χ1) is 9.58. The van der Waals surface area contributed by atoms with Crippen molar-refractivity contribution < 1.29 is 4.92 Å². The van der Waals surface area contributed by atoms with Crippen LogP contribution in [-0.4, -0.2) is 33.1 Å². The Hall–Kier alpha value is -2.44. The van der Waals surface area contributed by atoms with E-state index in [9.17, 15) is 10.1 Å². The lowest BCUT2D eigenvalue weighted by Gasteiger charge is -2.19. The summed E-state index contributed by atoms with van der Waals surface area (Å²) in [6.07, 6.45) is 7.72. The highest BCUT2D eigenvalue weighted by molar-refractivity contribution is 5.49. The molecule has 20 heavy (non-hydrogen) atoms. The molecule has 0 amide bonds. The SMILES string of the molecule is Cc1cc([N+](=O)[O-])cnc1N(C)CCCn1ccnc1. The van der Waals surface area contributed by atoms with Gasteiger partial charge in [0.15, 0.2) is 0 Å². The number of hydrogen-bond acceptors (Lipinski definition) is 5. The minimum Gasteiger partial charge on any atom is -0.359 e. The van der Waals surface area contributed by atoms with Gasteiger partial charge in [-0.1, -0.05) is 0 Å². The summed E-state index contributed by atoms with van der Waals surface area (Å²) < 4.78 is 2.02. The first-order valence-electron chi connectivity index (χ1n) is 6.36. The van der Waals surface area contributed by atoms with Gasteiger partial charge in [0.1, 0.15) is 12.0 Å². The summed E-state index contributed by atoms with van der Waals surface area (Å²) in [5, 5.41) is 10.7. The van der Waals surface area contributed by atoms with E-state index in [0.29, 0.717) is 0 Å². The van der Waals surface area contributed by atoms with Crippen LogP contribution in [-0.2, 0) is 6.54 Å². The normalized spacial score (nSPS) is 10.5. The minimum absolute atomic E-state index is 0.0260. The topological polar surface area (TPSA) is 77.1 Å². The van der Waals surface area contributed by atoms with Crippen LogP contribution in [0.5, 0.6) is 0 Å². The molecule has 0 saturated carbocycles. The molecule has 0 spiro atoms. The number of aromatic nitrogens is 3. The third-order valence-corrected chi connectivity index (χ3v) is 3.08. The van der Waals surface area contributed by atoms with Gasteiger partial charge in [-0.25, -0.2) is 9.97 Å². The number of nitrogens with zero attached hydrogens (tertiary/aromatic N) is 5. The molecule has 0 aliphatic rings. The summed E-state index contributed by atoms with van der Waals surface area (Å²) in [6.45, 7) is 3.54. The van der Waals surface area contributed by atoms with E-state index >= 15 is 0 Å². The zero-order valence-electron chi connectivity index (χ0n) is 11.6. The molecule has 2 aromatic rings. The predicted molar refractivity (Wildman–Crippen MR) is 75.7 cm³/mol. The Kier molecular flexibility index (Phi) is 4.29. The van der Waals surface area contributed by atoms with E-state index in [0.717, 1.165) is 30.9 Å². The second kappa shape index (κ2) is 6.14. The van der Waals surface area contributed by atoms with Gasteiger partial charge in [0.05, 0.1) is 11.3 Å². The Balaban J connectivity index is 1.95. The van der Waals surface area contributed by atoms with Gasteiger partial charge < -0.3 is 9.47 Å².